The van der Waals surface area contributed by atoms with Crippen molar-refractivity contribution in [2.75, 3.05) is 39.4 Å². The van der Waals surface area contributed by atoms with E-state index in [0.29, 0.717) is 6.04 Å². The third kappa shape index (κ3) is 3.77. The maximum Gasteiger partial charge on any atom is 0.0649 e. The number of nitrogens with one attached hydrogen (secondary N) is 1. The molecular weight excluding hydrogens is 288 g/mol. The van der Waals surface area contributed by atoms with E-state index in [2.05, 4.69) is 28.6 Å². The highest BCUT2D eigenvalue weighted by Gasteiger charge is 2.25. The lowest BCUT2D eigenvalue weighted by atomic mass is 10.0. The lowest BCUT2D eigenvalue weighted by Gasteiger charge is -2.29. The molecule has 2 aliphatic heterocycles. The number of hydrogen-bond donors (Lipinski definition) is 1. The number of thiophene rings is 1. The fraction of sp³-hybridized carbons (Fsp3) is 0.733. The third-order valence-corrected chi connectivity index (χ3v) is 6.40. The Morgan fingerprint density at radius 2 is 2.25 bits per heavy atom. The molecule has 1 aromatic rings. The minimum atomic E-state index is 0.567. The fourth-order valence-corrected chi connectivity index (χ4v) is 5.51. The van der Waals surface area contributed by atoms with Crippen LogP contribution in [0.2, 0.25) is 0 Å². The zero-order valence-electron chi connectivity index (χ0n) is 12.1. The van der Waals surface area contributed by atoms with Crippen molar-refractivity contribution in [1.29, 1.82) is 0 Å². The molecule has 0 spiro atoms. The van der Waals surface area contributed by atoms with Crippen molar-refractivity contribution in [1.82, 2.24) is 10.2 Å². The summed E-state index contributed by atoms with van der Waals surface area (Å²) < 4.78 is 6.91. The Labute approximate surface area is 130 Å². The Hall–Kier alpha value is -0.0700. The Morgan fingerprint density at radius 1 is 1.40 bits per heavy atom. The van der Waals surface area contributed by atoms with Gasteiger partial charge >= 0.3 is 0 Å². The average Bonchev–Trinajstić information content (AvgIpc) is 2.92. The second-order valence-corrected chi connectivity index (χ2v) is 8.27. The van der Waals surface area contributed by atoms with Gasteiger partial charge in [-0.15, -0.1) is 23.1 Å². The Balaban J connectivity index is 1.42. The predicted octanol–water partition coefficient (Wildman–Crippen LogP) is 2.99. The van der Waals surface area contributed by atoms with Crippen LogP contribution in [0.15, 0.2) is 15.7 Å². The second kappa shape index (κ2) is 7.27. The highest BCUT2D eigenvalue weighted by Crippen LogP contribution is 2.43. The van der Waals surface area contributed by atoms with Gasteiger partial charge in [-0.25, -0.2) is 0 Å². The van der Waals surface area contributed by atoms with Crippen LogP contribution in [0.4, 0.5) is 0 Å². The highest BCUT2D eigenvalue weighted by atomic mass is 32.2. The van der Waals surface area contributed by atoms with Crippen LogP contribution in [0, 0.1) is 0 Å². The zero-order valence-corrected chi connectivity index (χ0v) is 13.8. The number of ether oxygens (including phenoxy) is 1. The average molecular weight is 313 g/mol. The molecule has 1 aromatic heterocycles. The monoisotopic (exact) mass is 312 g/mol. The predicted molar refractivity (Wildman–Crippen MR) is 86.9 cm³/mol. The summed E-state index contributed by atoms with van der Waals surface area (Å²) in [6.45, 7) is 8.68. The molecule has 3 heterocycles. The first kappa shape index (κ1) is 14.9. The van der Waals surface area contributed by atoms with Gasteiger partial charge in [0, 0.05) is 24.4 Å². The van der Waals surface area contributed by atoms with Crippen LogP contribution in [0.25, 0.3) is 0 Å². The van der Waals surface area contributed by atoms with Crippen molar-refractivity contribution in [3.8, 4) is 0 Å². The van der Waals surface area contributed by atoms with Crippen LogP contribution in [0.1, 0.15) is 31.4 Å². The molecule has 2 atom stereocenters. The molecule has 1 N–H and O–H groups in total. The number of rotatable bonds is 5. The SMILES string of the molecule is C[C@H]1CC(NCCCN2CCOCC2)c2ccsc2S1. The number of fused-ring (bicyclic) bond motifs is 1. The van der Waals surface area contributed by atoms with E-state index in [1.807, 2.05) is 23.1 Å². The number of hydrogen-bond acceptors (Lipinski definition) is 5. The summed E-state index contributed by atoms with van der Waals surface area (Å²) in [6, 6.07) is 2.87. The molecule has 3 nitrogen and oxygen atoms in total. The third-order valence-electron chi connectivity index (χ3n) is 4.06. The molecule has 112 valence electrons. The van der Waals surface area contributed by atoms with Gasteiger partial charge in [0.05, 0.1) is 17.4 Å². The molecule has 20 heavy (non-hydrogen) atoms. The number of nitrogens with zero attached hydrogens (tertiary/aromatic N) is 1. The number of thioether (sulfide) groups is 1. The summed E-state index contributed by atoms with van der Waals surface area (Å²) in [4.78, 5) is 2.51. The molecule has 3 rings (SSSR count). The zero-order chi connectivity index (χ0) is 13.8. The Kier molecular flexibility index (Phi) is 5.40. The van der Waals surface area contributed by atoms with E-state index < -0.39 is 0 Å². The van der Waals surface area contributed by atoms with Crippen LogP contribution in [0.3, 0.4) is 0 Å². The number of morpholine rings is 1. The normalized spacial score (nSPS) is 27.4. The molecule has 0 radical (unpaired) electrons. The summed E-state index contributed by atoms with van der Waals surface area (Å²) >= 11 is 3.94. The van der Waals surface area contributed by atoms with Crippen molar-refractivity contribution < 1.29 is 4.74 Å². The molecule has 1 saturated heterocycles. The van der Waals surface area contributed by atoms with Crippen LogP contribution < -0.4 is 5.32 Å². The topological polar surface area (TPSA) is 24.5 Å². The minimum Gasteiger partial charge on any atom is -0.379 e. The Morgan fingerprint density at radius 3 is 3.10 bits per heavy atom. The lowest BCUT2D eigenvalue weighted by Crippen LogP contribution is -2.38. The van der Waals surface area contributed by atoms with Gasteiger partial charge in [0.2, 0.25) is 0 Å². The Bertz CT molecular complexity index is 418. The molecule has 5 heteroatoms. The molecule has 2 aliphatic rings. The van der Waals surface area contributed by atoms with Gasteiger partial charge in [0.1, 0.15) is 0 Å². The van der Waals surface area contributed by atoms with Crippen molar-refractivity contribution in [3.63, 3.8) is 0 Å². The van der Waals surface area contributed by atoms with Crippen molar-refractivity contribution >= 4 is 23.1 Å². The smallest absolute Gasteiger partial charge is 0.0649 e. The molecule has 0 aliphatic carbocycles. The van der Waals surface area contributed by atoms with E-state index in [4.69, 9.17) is 4.74 Å². The molecule has 0 bridgehead atoms. The fourth-order valence-electron chi connectivity index (χ4n) is 2.95. The first-order valence-electron chi connectivity index (χ1n) is 7.60. The van der Waals surface area contributed by atoms with Crippen LogP contribution in [0.5, 0.6) is 0 Å². The van der Waals surface area contributed by atoms with Crippen LogP contribution in [-0.2, 0) is 4.74 Å². The van der Waals surface area contributed by atoms with Gasteiger partial charge in [-0.3, -0.25) is 4.90 Å². The molecular formula is C15H24N2OS2. The quantitative estimate of drug-likeness (QED) is 0.845. The van der Waals surface area contributed by atoms with Gasteiger partial charge in [0.15, 0.2) is 0 Å². The first-order chi connectivity index (χ1) is 9.83. The minimum absolute atomic E-state index is 0.567. The summed E-state index contributed by atoms with van der Waals surface area (Å²) in [5, 5.41) is 6.74. The molecule has 1 fully saturated rings. The molecule has 1 unspecified atom stereocenters. The van der Waals surface area contributed by atoms with E-state index in [-0.39, 0.29) is 0 Å². The van der Waals surface area contributed by atoms with E-state index in [1.54, 1.807) is 0 Å². The summed E-state index contributed by atoms with van der Waals surface area (Å²) in [5.74, 6) is 0. The molecule has 0 saturated carbocycles. The first-order valence-corrected chi connectivity index (χ1v) is 9.36. The van der Waals surface area contributed by atoms with Gasteiger partial charge in [-0.2, -0.15) is 0 Å². The maximum atomic E-state index is 5.38. The van der Waals surface area contributed by atoms with Gasteiger partial charge in [-0.05, 0) is 42.9 Å². The lowest BCUT2D eigenvalue weighted by molar-refractivity contribution is 0.0373. The van der Waals surface area contributed by atoms with E-state index in [1.165, 1.54) is 29.2 Å². The summed E-state index contributed by atoms with van der Waals surface area (Å²) in [5.41, 5.74) is 1.53. The van der Waals surface area contributed by atoms with E-state index >= 15 is 0 Å². The van der Waals surface area contributed by atoms with Gasteiger partial charge in [-0.1, -0.05) is 6.92 Å². The van der Waals surface area contributed by atoms with Gasteiger partial charge < -0.3 is 10.1 Å². The largest absolute Gasteiger partial charge is 0.379 e. The summed E-state index contributed by atoms with van der Waals surface area (Å²) in [6.07, 6.45) is 2.49. The van der Waals surface area contributed by atoms with Gasteiger partial charge in [0.25, 0.3) is 0 Å². The van der Waals surface area contributed by atoms with Crippen LogP contribution in [-0.4, -0.2) is 49.5 Å². The van der Waals surface area contributed by atoms with Crippen molar-refractivity contribution in [2.45, 2.75) is 35.3 Å². The van der Waals surface area contributed by atoms with E-state index in [0.717, 1.165) is 38.1 Å². The highest BCUT2D eigenvalue weighted by molar-refractivity contribution is 8.01. The van der Waals surface area contributed by atoms with E-state index in [9.17, 15) is 0 Å². The molecule has 0 aromatic carbocycles. The standard InChI is InChI=1S/C15H24N2OS2/c1-12-11-14(13-3-10-19-15(13)20-12)16-4-2-5-17-6-8-18-9-7-17/h3,10,12,14,16H,2,4-9,11H2,1H3/t12-,14?/m0/s1. The van der Waals surface area contributed by atoms with Crippen molar-refractivity contribution in [2.24, 2.45) is 0 Å². The van der Waals surface area contributed by atoms with Crippen molar-refractivity contribution in [3.05, 3.63) is 17.0 Å². The maximum absolute atomic E-state index is 5.38. The summed E-state index contributed by atoms with van der Waals surface area (Å²) in [7, 11) is 0. The molecule has 0 amide bonds. The van der Waals surface area contributed by atoms with Crippen LogP contribution >= 0.6 is 23.1 Å². The second-order valence-electron chi connectivity index (χ2n) is 5.64.